The van der Waals surface area contributed by atoms with E-state index in [0.717, 1.165) is 17.0 Å². The number of hydrogen-bond donors (Lipinski definition) is 1. The molecule has 1 aromatic heterocycles. The lowest BCUT2D eigenvalue weighted by Crippen LogP contribution is -2.23. The molecule has 1 N–H and O–H groups in total. The smallest absolute Gasteiger partial charge is 0.308 e. The molecule has 20 heavy (non-hydrogen) atoms. The van der Waals surface area contributed by atoms with Gasteiger partial charge in [0.2, 0.25) is 0 Å². The topological polar surface area (TPSA) is 68.5 Å². The number of carboxylic acid groups (broad SMARTS) is 1. The van der Waals surface area contributed by atoms with Gasteiger partial charge in [-0.2, -0.15) is 0 Å². The van der Waals surface area contributed by atoms with E-state index in [1.165, 1.54) is 4.57 Å². The lowest BCUT2D eigenvalue weighted by Gasteiger charge is -2.10. The van der Waals surface area contributed by atoms with E-state index in [4.69, 9.17) is 9.84 Å². The molecule has 0 aliphatic carbocycles. The predicted molar refractivity (Wildman–Crippen MR) is 75.0 cm³/mol. The van der Waals surface area contributed by atoms with Crippen molar-refractivity contribution in [2.24, 2.45) is 7.05 Å². The summed E-state index contributed by atoms with van der Waals surface area (Å²) in [6.07, 6.45) is -0.268. The second-order valence-electron chi connectivity index (χ2n) is 4.41. The molecule has 2 rings (SSSR count). The van der Waals surface area contributed by atoms with Crippen molar-refractivity contribution in [1.29, 1.82) is 0 Å². The first-order valence-corrected chi connectivity index (χ1v) is 6.08. The molecular weight excluding hydrogens is 258 g/mol. The normalized spacial score (nSPS) is 10.3. The third kappa shape index (κ3) is 2.71. The maximum absolute atomic E-state index is 12.1. The minimum Gasteiger partial charge on any atom is -0.497 e. The van der Waals surface area contributed by atoms with E-state index in [1.54, 1.807) is 26.3 Å². The highest BCUT2D eigenvalue weighted by atomic mass is 16.5. The molecule has 0 aliphatic heterocycles. The van der Waals surface area contributed by atoms with Crippen molar-refractivity contribution in [2.75, 3.05) is 7.11 Å². The molecule has 0 saturated carbocycles. The Morgan fingerprint density at radius 1 is 1.20 bits per heavy atom. The highest BCUT2D eigenvalue weighted by Crippen LogP contribution is 2.21. The van der Waals surface area contributed by atoms with Crippen LogP contribution in [-0.4, -0.2) is 22.8 Å². The van der Waals surface area contributed by atoms with Gasteiger partial charge in [0, 0.05) is 12.6 Å². The van der Waals surface area contributed by atoms with Gasteiger partial charge in [0.1, 0.15) is 5.75 Å². The maximum Gasteiger partial charge on any atom is 0.308 e. The van der Waals surface area contributed by atoms with Crippen molar-refractivity contribution in [3.63, 3.8) is 0 Å². The Labute approximate surface area is 116 Å². The zero-order valence-electron chi connectivity index (χ0n) is 11.3. The zero-order valence-corrected chi connectivity index (χ0v) is 11.3. The zero-order chi connectivity index (χ0) is 14.7. The number of benzene rings is 1. The molecular formula is C15H15NO4. The van der Waals surface area contributed by atoms with Crippen LogP contribution in [0.3, 0.4) is 0 Å². The molecule has 0 atom stereocenters. The van der Waals surface area contributed by atoms with Crippen molar-refractivity contribution >= 4 is 5.97 Å². The summed E-state index contributed by atoms with van der Waals surface area (Å²) in [5.41, 5.74) is 1.58. The van der Waals surface area contributed by atoms with Crippen molar-refractivity contribution in [3.8, 4) is 17.0 Å². The fraction of sp³-hybridized carbons (Fsp3) is 0.200. The molecule has 1 heterocycles. The quantitative estimate of drug-likeness (QED) is 0.920. The molecule has 0 fully saturated rings. The van der Waals surface area contributed by atoms with Gasteiger partial charge in [-0.15, -0.1) is 0 Å². The average Bonchev–Trinajstić information content (AvgIpc) is 2.44. The number of nitrogens with zero attached hydrogens (tertiary/aromatic N) is 1. The highest BCUT2D eigenvalue weighted by molar-refractivity contribution is 5.70. The molecule has 104 valence electrons. The molecule has 0 amide bonds. The van der Waals surface area contributed by atoms with Gasteiger partial charge in [0.05, 0.1) is 19.2 Å². The van der Waals surface area contributed by atoms with Crippen molar-refractivity contribution in [2.45, 2.75) is 6.42 Å². The number of rotatable bonds is 4. The summed E-state index contributed by atoms with van der Waals surface area (Å²) in [6.45, 7) is 0. The highest BCUT2D eigenvalue weighted by Gasteiger charge is 2.10. The van der Waals surface area contributed by atoms with E-state index in [-0.39, 0.29) is 17.5 Å². The van der Waals surface area contributed by atoms with Crippen molar-refractivity contribution in [1.82, 2.24) is 4.57 Å². The van der Waals surface area contributed by atoms with E-state index in [9.17, 15) is 9.59 Å². The molecule has 0 unspecified atom stereocenters. The molecule has 2 aromatic rings. The summed E-state index contributed by atoms with van der Waals surface area (Å²) in [7, 11) is 3.22. The first-order valence-electron chi connectivity index (χ1n) is 6.08. The molecule has 0 bridgehead atoms. The second kappa shape index (κ2) is 5.61. The number of ether oxygens (including phenoxy) is 1. The van der Waals surface area contributed by atoms with Gasteiger partial charge < -0.3 is 14.4 Å². The van der Waals surface area contributed by atoms with Crippen LogP contribution in [0.1, 0.15) is 5.56 Å². The summed E-state index contributed by atoms with van der Waals surface area (Å²) < 4.78 is 6.55. The van der Waals surface area contributed by atoms with Gasteiger partial charge in [-0.3, -0.25) is 9.59 Å². The molecule has 5 nitrogen and oxygen atoms in total. The van der Waals surface area contributed by atoms with E-state index < -0.39 is 5.97 Å². The number of pyridine rings is 1. The first kappa shape index (κ1) is 13.9. The van der Waals surface area contributed by atoms with Gasteiger partial charge in [-0.25, -0.2) is 0 Å². The lowest BCUT2D eigenvalue weighted by molar-refractivity contribution is -0.136. The summed E-state index contributed by atoms with van der Waals surface area (Å²) in [5, 5.41) is 8.76. The molecule has 0 saturated heterocycles. The molecule has 0 radical (unpaired) electrons. The number of aromatic nitrogens is 1. The van der Waals surface area contributed by atoms with E-state index in [1.807, 2.05) is 24.3 Å². The Morgan fingerprint density at radius 2 is 1.85 bits per heavy atom. The van der Waals surface area contributed by atoms with Crippen LogP contribution in [-0.2, 0) is 18.3 Å². The van der Waals surface area contributed by atoms with Crippen LogP contribution in [0, 0.1) is 0 Å². The Morgan fingerprint density at radius 3 is 2.40 bits per heavy atom. The van der Waals surface area contributed by atoms with E-state index in [2.05, 4.69) is 0 Å². The first-order chi connectivity index (χ1) is 9.52. The van der Waals surface area contributed by atoms with Crippen LogP contribution < -0.4 is 10.3 Å². The van der Waals surface area contributed by atoms with Crippen LogP contribution in [0.5, 0.6) is 5.75 Å². The number of hydrogen-bond acceptors (Lipinski definition) is 3. The van der Waals surface area contributed by atoms with Crippen molar-refractivity contribution < 1.29 is 14.6 Å². The van der Waals surface area contributed by atoms with Crippen molar-refractivity contribution in [3.05, 3.63) is 52.3 Å². The van der Waals surface area contributed by atoms with Gasteiger partial charge in [-0.05, 0) is 35.9 Å². The lowest BCUT2D eigenvalue weighted by atomic mass is 10.1. The fourth-order valence-electron chi connectivity index (χ4n) is 2.04. The summed E-state index contributed by atoms with van der Waals surface area (Å²) in [6, 6.07) is 10.6. The SMILES string of the molecule is COc1ccc(-c2ccc(CC(=O)O)c(=O)n2C)cc1. The van der Waals surface area contributed by atoms with Gasteiger partial charge in [-0.1, -0.05) is 6.07 Å². The monoisotopic (exact) mass is 273 g/mol. The molecule has 1 aromatic carbocycles. The van der Waals surface area contributed by atoms with Crippen LogP contribution in [0.25, 0.3) is 11.3 Å². The summed E-state index contributed by atoms with van der Waals surface area (Å²) in [4.78, 5) is 22.8. The van der Waals surface area contributed by atoms with Crippen LogP contribution in [0.2, 0.25) is 0 Å². The molecule has 0 spiro atoms. The Balaban J connectivity index is 2.45. The predicted octanol–water partition coefficient (Wildman–Crippen LogP) is 1.69. The van der Waals surface area contributed by atoms with Crippen LogP contribution in [0.15, 0.2) is 41.2 Å². The van der Waals surface area contributed by atoms with E-state index in [0.29, 0.717) is 0 Å². The minimum atomic E-state index is -1.01. The van der Waals surface area contributed by atoms with Crippen LogP contribution in [0.4, 0.5) is 0 Å². The molecule has 0 aliphatic rings. The summed E-state index contributed by atoms with van der Waals surface area (Å²) in [5.74, 6) is -0.277. The van der Waals surface area contributed by atoms with Gasteiger partial charge in [0.25, 0.3) is 5.56 Å². The number of aliphatic carboxylic acids is 1. The van der Waals surface area contributed by atoms with Gasteiger partial charge in [0.15, 0.2) is 0 Å². The second-order valence-corrected chi connectivity index (χ2v) is 4.41. The fourth-order valence-corrected chi connectivity index (χ4v) is 2.04. The largest absolute Gasteiger partial charge is 0.497 e. The molecule has 5 heteroatoms. The Hall–Kier alpha value is -2.56. The van der Waals surface area contributed by atoms with Crippen LogP contribution >= 0.6 is 0 Å². The average molecular weight is 273 g/mol. The Kier molecular flexibility index (Phi) is 3.89. The minimum absolute atomic E-state index is 0.268. The number of carbonyl (C=O) groups is 1. The Bertz CT molecular complexity index is 686. The van der Waals surface area contributed by atoms with Gasteiger partial charge >= 0.3 is 5.97 Å². The summed E-state index contributed by atoms with van der Waals surface area (Å²) >= 11 is 0. The third-order valence-electron chi connectivity index (χ3n) is 3.11. The third-order valence-corrected chi connectivity index (χ3v) is 3.11. The maximum atomic E-state index is 12.1. The standard InChI is InChI=1S/C15H15NO4/c1-16-13(10-3-6-12(20-2)7-4-10)8-5-11(15(16)19)9-14(17)18/h3-8H,9H2,1-2H3,(H,17,18). The van der Waals surface area contributed by atoms with E-state index >= 15 is 0 Å². The number of methoxy groups -OCH3 is 1. The number of carboxylic acids is 1.